The predicted octanol–water partition coefficient (Wildman–Crippen LogP) is 4.79. The molecule has 24 heavy (non-hydrogen) atoms. The van der Waals surface area contributed by atoms with Gasteiger partial charge in [0.2, 0.25) is 5.91 Å². The van der Waals surface area contributed by atoms with E-state index in [2.05, 4.69) is 5.32 Å². The van der Waals surface area contributed by atoms with E-state index in [9.17, 15) is 18.0 Å². The minimum absolute atomic E-state index is 0.0961. The molecule has 0 radical (unpaired) electrons. The number of nitrogens with one attached hydrogen (secondary N) is 1. The molecule has 1 amide bonds. The molecule has 2 nitrogen and oxygen atoms in total. The van der Waals surface area contributed by atoms with E-state index in [-0.39, 0.29) is 12.5 Å². The molecule has 2 aromatic rings. The lowest BCUT2D eigenvalue weighted by atomic mass is 9.83. The lowest BCUT2D eigenvalue weighted by molar-refractivity contribution is -0.137. The van der Waals surface area contributed by atoms with Crippen LogP contribution < -0.4 is 5.32 Å². The smallest absolute Gasteiger partial charge is 0.355 e. The molecule has 0 saturated heterocycles. The van der Waals surface area contributed by atoms with Crippen LogP contribution in [0.4, 0.5) is 13.2 Å². The Morgan fingerprint density at radius 1 is 1.17 bits per heavy atom. The molecule has 0 saturated carbocycles. The fourth-order valence-electron chi connectivity index (χ4n) is 2.32. The molecule has 0 aliphatic heterocycles. The normalized spacial score (nSPS) is 12.2. The van der Waals surface area contributed by atoms with Gasteiger partial charge in [-0.2, -0.15) is 24.5 Å². The van der Waals surface area contributed by atoms with E-state index in [1.54, 1.807) is 17.4 Å². The molecule has 1 heterocycles. The van der Waals surface area contributed by atoms with Crippen molar-refractivity contribution in [3.05, 3.63) is 57.8 Å². The zero-order chi connectivity index (χ0) is 17.8. The maximum atomic E-state index is 12.8. The number of thiophene rings is 1. The average molecular weight is 355 g/mol. The number of amides is 1. The summed E-state index contributed by atoms with van der Waals surface area (Å²) < 4.78 is 38.5. The van der Waals surface area contributed by atoms with E-state index in [1.807, 2.05) is 30.7 Å². The van der Waals surface area contributed by atoms with Crippen LogP contribution in [0.3, 0.4) is 0 Å². The van der Waals surface area contributed by atoms with Gasteiger partial charge in [-0.3, -0.25) is 4.79 Å². The first-order valence-electron chi connectivity index (χ1n) is 7.64. The minimum Gasteiger partial charge on any atom is -0.355 e. The number of rotatable bonds is 6. The Morgan fingerprint density at radius 2 is 1.88 bits per heavy atom. The summed E-state index contributed by atoms with van der Waals surface area (Å²) in [7, 11) is 0. The van der Waals surface area contributed by atoms with Gasteiger partial charge in [-0.25, -0.2) is 0 Å². The summed E-state index contributed by atoms with van der Waals surface area (Å²) in [6.45, 7) is 3.93. The van der Waals surface area contributed by atoms with E-state index in [0.717, 1.165) is 17.7 Å². The van der Waals surface area contributed by atoms with Gasteiger partial charge < -0.3 is 5.32 Å². The largest absolute Gasteiger partial charge is 0.416 e. The summed E-state index contributed by atoms with van der Waals surface area (Å²) in [4.78, 5) is 12.0. The van der Waals surface area contributed by atoms with Gasteiger partial charge in [0.05, 0.1) is 5.56 Å². The summed E-state index contributed by atoms with van der Waals surface area (Å²) in [6, 6.07) is 7.24. The lowest BCUT2D eigenvalue weighted by Gasteiger charge is -2.26. The molecule has 0 spiro atoms. The van der Waals surface area contributed by atoms with Crippen molar-refractivity contribution in [1.29, 1.82) is 0 Å². The molecular weight excluding hydrogens is 335 g/mol. The second kappa shape index (κ2) is 7.38. The molecule has 1 aromatic heterocycles. The van der Waals surface area contributed by atoms with Gasteiger partial charge in [0.15, 0.2) is 0 Å². The quantitative estimate of drug-likeness (QED) is 0.793. The third kappa shape index (κ3) is 5.09. The molecule has 1 N–H and O–H groups in total. The third-order valence-electron chi connectivity index (χ3n) is 3.92. The second-order valence-electron chi connectivity index (χ2n) is 6.37. The minimum atomic E-state index is -4.37. The predicted molar refractivity (Wildman–Crippen MR) is 90.1 cm³/mol. The number of halogens is 3. The Labute approximate surface area is 143 Å². The molecule has 6 heteroatoms. The maximum Gasteiger partial charge on any atom is 0.416 e. The fourth-order valence-corrected chi connectivity index (χ4v) is 3.02. The van der Waals surface area contributed by atoms with Crippen LogP contribution in [0.5, 0.6) is 0 Å². The van der Waals surface area contributed by atoms with Crippen LogP contribution in [0.1, 0.15) is 37.0 Å². The van der Waals surface area contributed by atoms with E-state index < -0.39 is 17.2 Å². The summed E-state index contributed by atoms with van der Waals surface area (Å²) in [5, 5.41) is 6.79. The van der Waals surface area contributed by atoms with Gasteiger partial charge in [0, 0.05) is 18.4 Å². The van der Waals surface area contributed by atoms with Crippen molar-refractivity contribution in [2.75, 3.05) is 6.54 Å². The average Bonchev–Trinajstić information content (AvgIpc) is 3.04. The SMILES string of the molecule is CC(C)(CNC(=O)CCc1ccsc1)c1cccc(C(F)(F)F)c1. The zero-order valence-electron chi connectivity index (χ0n) is 13.6. The summed E-state index contributed by atoms with van der Waals surface area (Å²) in [5.41, 5.74) is 0.416. The van der Waals surface area contributed by atoms with Crippen molar-refractivity contribution < 1.29 is 18.0 Å². The first-order chi connectivity index (χ1) is 11.2. The van der Waals surface area contributed by atoms with Crippen molar-refractivity contribution in [3.63, 3.8) is 0 Å². The highest BCUT2D eigenvalue weighted by molar-refractivity contribution is 7.07. The topological polar surface area (TPSA) is 29.1 Å². The van der Waals surface area contributed by atoms with Crippen LogP contribution >= 0.6 is 11.3 Å². The fraction of sp³-hybridized carbons (Fsp3) is 0.389. The Hall–Kier alpha value is -1.82. The first-order valence-corrected chi connectivity index (χ1v) is 8.58. The number of carbonyl (C=O) groups is 1. The molecule has 0 bridgehead atoms. The van der Waals surface area contributed by atoms with Gasteiger partial charge >= 0.3 is 6.18 Å². The van der Waals surface area contributed by atoms with Crippen LogP contribution in [0.25, 0.3) is 0 Å². The van der Waals surface area contributed by atoms with Crippen LogP contribution in [0.2, 0.25) is 0 Å². The summed E-state index contributed by atoms with van der Waals surface area (Å²) in [5.74, 6) is -0.0961. The summed E-state index contributed by atoms with van der Waals surface area (Å²) in [6.07, 6.45) is -3.33. The number of alkyl halides is 3. The van der Waals surface area contributed by atoms with Crippen LogP contribution in [-0.2, 0) is 22.8 Å². The molecule has 0 aliphatic rings. The lowest BCUT2D eigenvalue weighted by Crippen LogP contribution is -2.36. The van der Waals surface area contributed by atoms with E-state index in [0.29, 0.717) is 18.4 Å². The Bertz CT molecular complexity index is 678. The molecule has 1 aromatic carbocycles. The Kier molecular flexibility index (Phi) is 5.70. The first kappa shape index (κ1) is 18.5. The Morgan fingerprint density at radius 3 is 2.50 bits per heavy atom. The molecule has 0 aliphatic carbocycles. The van der Waals surface area contributed by atoms with E-state index >= 15 is 0 Å². The van der Waals surface area contributed by atoms with E-state index in [4.69, 9.17) is 0 Å². The molecule has 0 fully saturated rings. The zero-order valence-corrected chi connectivity index (χ0v) is 14.4. The van der Waals surface area contributed by atoms with Gasteiger partial charge in [-0.1, -0.05) is 32.0 Å². The van der Waals surface area contributed by atoms with Crippen molar-refractivity contribution >= 4 is 17.2 Å². The monoisotopic (exact) mass is 355 g/mol. The van der Waals surface area contributed by atoms with Crippen LogP contribution in [0, 0.1) is 0 Å². The second-order valence-corrected chi connectivity index (χ2v) is 7.15. The third-order valence-corrected chi connectivity index (χ3v) is 4.65. The van der Waals surface area contributed by atoms with Crippen LogP contribution in [0.15, 0.2) is 41.1 Å². The molecule has 2 rings (SSSR count). The number of aryl methyl sites for hydroxylation is 1. The van der Waals surface area contributed by atoms with Gasteiger partial charge in [0.25, 0.3) is 0 Å². The van der Waals surface area contributed by atoms with Gasteiger partial charge in [-0.05, 0) is 40.4 Å². The summed E-state index contributed by atoms with van der Waals surface area (Å²) >= 11 is 1.59. The van der Waals surface area contributed by atoms with Gasteiger partial charge in [0.1, 0.15) is 0 Å². The highest BCUT2D eigenvalue weighted by Gasteiger charge is 2.32. The number of hydrogen-bond donors (Lipinski definition) is 1. The molecule has 0 atom stereocenters. The number of hydrogen-bond acceptors (Lipinski definition) is 2. The highest BCUT2D eigenvalue weighted by atomic mass is 32.1. The standard InChI is InChI=1S/C18H20F3NOS/c1-17(2,14-4-3-5-15(10-14)18(19,20)21)12-22-16(23)7-6-13-8-9-24-11-13/h3-5,8-11H,6-7,12H2,1-2H3,(H,22,23). The van der Waals surface area contributed by atoms with Crippen molar-refractivity contribution in [2.24, 2.45) is 0 Å². The van der Waals surface area contributed by atoms with E-state index in [1.165, 1.54) is 6.07 Å². The van der Waals surface area contributed by atoms with Gasteiger partial charge in [-0.15, -0.1) is 0 Å². The van der Waals surface area contributed by atoms with Crippen LogP contribution in [-0.4, -0.2) is 12.5 Å². The Balaban J connectivity index is 1.94. The van der Waals surface area contributed by atoms with Crippen molar-refractivity contribution in [1.82, 2.24) is 5.32 Å². The van der Waals surface area contributed by atoms with Crippen molar-refractivity contribution in [2.45, 2.75) is 38.3 Å². The molecule has 130 valence electrons. The molecule has 0 unspecified atom stereocenters. The molecular formula is C18H20F3NOS. The maximum absolute atomic E-state index is 12.8. The number of carbonyl (C=O) groups excluding carboxylic acids is 1. The van der Waals surface area contributed by atoms with Crippen molar-refractivity contribution in [3.8, 4) is 0 Å². The highest BCUT2D eigenvalue weighted by Crippen LogP contribution is 2.32. The number of benzene rings is 1.